The molecule has 1 rings (SSSR count). The first-order valence-electron chi connectivity index (χ1n) is 6.26. The molecule has 0 radical (unpaired) electrons. The molecule has 0 spiro atoms. The monoisotopic (exact) mass is 256 g/mol. The Labute approximate surface area is 107 Å². The van der Waals surface area contributed by atoms with Crippen molar-refractivity contribution >= 4 is 17.5 Å². The maximum atomic E-state index is 12.0. The molecule has 1 aliphatic rings. The van der Waals surface area contributed by atoms with Gasteiger partial charge in [0.25, 0.3) is 0 Å². The van der Waals surface area contributed by atoms with Crippen LogP contribution in [0, 0.1) is 0 Å². The molecule has 0 aromatic rings. The molecule has 18 heavy (non-hydrogen) atoms. The SMILES string of the molecule is CC(C)OC(=O)C1(C)OCC(=O)CCCCC1=O. The van der Waals surface area contributed by atoms with E-state index in [9.17, 15) is 14.4 Å². The fourth-order valence-electron chi connectivity index (χ4n) is 1.72. The Bertz CT molecular complexity index is 347. The maximum Gasteiger partial charge on any atom is 0.346 e. The van der Waals surface area contributed by atoms with Crippen LogP contribution in [0.15, 0.2) is 0 Å². The Morgan fingerprint density at radius 1 is 1.28 bits per heavy atom. The first-order valence-corrected chi connectivity index (χ1v) is 6.26. The molecule has 0 aromatic heterocycles. The fourth-order valence-corrected chi connectivity index (χ4v) is 1.72. The average molecular weight is 256 g/mol. The zero-order valence-electron chi connectivity index (χ0n) is 11.2. The minimum Gasteiger partial charge on any atom is -0.460 e. The van der Waals surface area contributed by atoms with Crippen molar-refractivity contribution in [2.45, 2.75) is 58.2 Å². The van der Waals surface area contributed by atoms with Crippen LogP contribution in [-0.2, 0) is 23.9 Å². The van der Waals surface area contributed by atoms with E-state index in [0.29, 0.717) is 19.3 Å². The van der Waals surface area contributed by atoms with Gasteiger partial charge in [-0.25, -0.2) is 4.79 Å². The van der Waals surface area contributed by atoms with Crippen molar-refractivity contribution < 1.29 is 23.9 Å². The molecule has 1 heterocycles. The predicted octanol–water partition coefficient (Wildman–Crippen LogP) is 1.43. The highest BCUT2D eigenvalue weighted by atomic mass is 16.6. The van der Waals surface area contributed by atoms with E-state index in [4.69, 9.17) is 9.47 Å². The van der Waals surface area contributed by atoms with Gasteiger partial charge in [0.2, 0.25) is 5.60 Å². The quantitative estimate of drug-likeness (QED) is 0.552. The largest absolute Gasteiger partial charge is 0.460 e. The lowest BCUT2D eigenvalue weighted by Crippen LogP contribution is -2.48. The molecule has 1 aliphatic heterocycles. The highest BCUT2D eigenvalue weighted by Crippen LogP contribution is 2.21. The lowest BCUT2D eigenvalue weighted by molar-refractivity contribution is -0.178. The lowest BCUT2D eigenvalue weighted by Gasteiger charge is -2.26. The van der Waals surface area contributed by atoms with Crippen LogP contribution < -0.4 is 0 Å². The second kappa shape index (κ2) is 6.09. The van der Waals surface area contributed by atoms with Crippen molar-refractivity contribution in [3.8, 4) is 0 Å². The van der Waals surface area contributed by atoms with E-state index in [1.165, 1.54) is 6.92 Å². The molecule has 0 bridgehead atoms. The van der Waals surface area contributed by atoms with Crippen LogP contribution >= 0.6 is 0 Å². The highest BCUT2D eigenvalue weighted by Gasteiger charge is 2.44. The normalized spacial score (nSPS) is 26.4. The Morgan fingerprint density at radius 3 is 2.50 bits per heavy atom. The van der Waals surface area contributed by atoms with Gasteiger partial charge in [-0.1, -0.05) is 0 Å². The summed E-state index contributed by atoms with van der Waals surface area (Å²) in [4.78, 5) is 35.4. The summed E-state index contributed by atoms with van der Waals surface area (Å²) in [5.74, 6) is -1.12. The van der Waals surface area contributed by atoms with E-state index in [1.807, 2.05) is 0 Å². The molecular formula is C13H20O5. The fraction of sp³-hybridized carbons (Fsp3) is 0.769. The molecule has 5 heteroatoms. The molecule has 1 unspecified atom stereocenters. The molecule has 1 atom stereocenters. The minimum atomic E-state index is -1.65. The van der Waals surface area contributed by atoms with Crippen LogP contribution in [0.2, 0.25) is 0 Å². The highest BCUT2D eigenvalue weighted by molar-refractivity contribution is 6.07. The topological polar surface area (TPSA) is 69.7 Å². The zero-order chi connectivity index (χ0) is 13.8. The first kappa shape index (κ1) is 14.8. The van der Waals surface area contributed by atoms with Crippen molar-refractivity contribution in [1.29, 1.82) is 0 Å². The molecular weight excluding hydrogens is 236 g/mol. The average Bonchev–Trinajstić information content (AvgIpc) is 2.34. The van der Waals surface area contributed by atoms with Crippen molar-refractivity contribution in [3.63, 3.8) is 0 Å². The van der Waals surface area contributed by atoms with Crippen LogP contribution in [0.4, 0.5) is 0 Å². The van der Waals surface area contributed by atoms with E-state index >= 15 is 0 Å². The summed E-state index contributed by atoms with van der Waals surface area (Å²) in [6, 6.07) is 0. The number of carbonyl (C=O) groups excluding carboxylic acids is 3. The number of hydrogen-bond acceptors (Lipinski definition) is 5. The van der Waals surface area contributed by atoms with E-state index in [0.717, 1.165) is 0 Å². The number of ether oxygens (including phenoxy) is 2. The van der Waals surface area contributed by atoms with Crippen LogP contribution in [0.1, 0.15) is 46.5 Å². The van der Waals surface area contributed by atoms with Gasteiger partial charge in [-0.05, 0) is 33.6 Å². The summed E-state index contributed by atoms with van der Waals surface area (Å²) in [7, 11) is 0. The summed E-state index contributed by atoms with van der Waals surface area (Å²) in [6.45, 7) is 4.58. The van der Waals surface area contributed by atoms with Crippen LogP contribution in [0.25, 0.3) is 0 Å². The van der Waals surface area contributed by atoms with Crippen molar-refractivity contribution in [3.05, 3.63) is 0 Å². The van der Waals surface area contributed by atoms with E-state index in [-0.39, 0.29) is 30.7 Å². The number of rotatable bonds is 2. The molecule has 0 N–H and O–H groups in total. The number of ketones is 2. The van der Waals surface area contributed by atoms with Gasteiger partial charge in [-0.3, -0.25) is 9.59 Å². The number of hydrogen-bond donors (Lipinski definition) is 0. The molecule has 5 nitrogen and oxygen atoms in total. The summed E-state index contributed by atoms with van der Waals surface area (Å²) in [5, 5.41) is 0. The number of esters is 1. The molecule has 0 aromatic carbocycles. The van der Waals surface area contributed by atoms with Gasteiger partial charge >= 0.3 is 5.97 Å². The smallest absolute Gasteiger partial charge is 0.346 e. The van der Waals surface area contributed by atoms with Crippen LogP contribution in [0.3, 0.4) is 0 Å². The van der Waals surface area contributed by atoms with Gasteiger partial charge in [-0.2, -0.15) is 0 Å². The molecule has 0 aliphatic carbocycles. The Balaban J connectivity index is 2.87. The molecule has 1 fully saturated rings. The maximum absolute atomic E-state index is 12.0. The van der Waals surface area contributed by atoms with Crippen molar-refractivity contribution in [1.82, 2.24) is 0 Å². The summed E-state index contributed by atoms with van der Waals surface area (Å²) < 4.78 is 10.3. The minimum absolute atomic E-state index is 0.0896. The Morgan fingerprint density at radius 2 is 1.89 bits per heavy atom. The number of Topliss-reactive ketones (excluding diaryl/α,β-unsaturated/α-hetero) is 2. The second-order valence-electron chi connectivity index (χ2n) is 4.94. The Hall–Kier alpha value is -1.23. The van der Waals surface area contributed by atoms with Crippen molar-refractivity contribution in [2.75, 3.05) is 6.61 Å². The molecule has 0 saturated carbocycles. The Kier molecular flexibility index (Phi) is 5.02. The second-order valence-corrected chi connectivity index (χ2v) is 4.94. The third-order valence-electron chi connectivity index (χ3n) is 2.90. The molecule has 1 saturated heterocycles. The molecule has 0 amide bonds. The van der Waals surface area contributed by atoms with Gasteiger partial charge < -0.3 is 9.47 Å². The summed E-state index contributed by atoms with van der Waals surface area (Å²) in [5.41, 5.74) is -1.65. The van der Waals surface area contributed by atoms with Gasteiger partial charge in [0.1, 0.15) is 6.61 Å². The third kappa shape index (κ3) is 3.63. The van der Waals surface area contributed by atoms with Gasteiger partial charge in [-0.15, -0.1) is 0 Å². The third-order valence-corrected chi connectivity index (χ3v) is 2.90. The van der Waals surface area contributed by atoms with Crippen LogP contribution in [-0.4, -0.2) is 35.8 Å². The van der Waals surface area contributed by atoms with E-state index in [1.54, 1.807) is 13.8 Å². The lowest BCUT2D eigenvalue weighted by atomic mass is 9.96. The van der Waals surface area contributed by atoms with Crippen LogP contribution in [0.5, 0.6) is 0 Å². The standard InChI is InChI=1S/C13H20O5/c1-9(2)18-12(16)13(3)11(15)7-5-4-6-10(14)8-17-13/h9H,4-8H2,1-3H3. The number of carbonyl (C=O) groups is 3. The van der Waals surface area contributed by atoms with E-state index in [2.05, 4.69) is 0 Å². The van der Waals surface area contributed by atoms with Gasteiger partial charge in [0, 0.05) is 12.8 Å². The summed E-state index contributed by atoms with van der Waals surface area (Å²) >= 11 is 0. The zero-order valence-corrected chi connectivity index (χ0v) is 11.2. The summed E-state index contributed by atoms with van der Waals surface area (Å²) in [6.07, 6.45) is 1.55. The van der Waals surface area contributed by atoms with Gasteiger partial charge in [0.15, 0.2) is 11.6 Å². The predicted molar refractivity (Wildman–Crippen MR) is 64.1 cm³/mol. The van der Waals surface area contributed by atoms with E-state index < -0.39 is 11.6 Å². The van der Waals surface area contributed by atoms with Crippen molar-refractivity contribution in [2.24, 2.45) is 0 Å². The van der Waals surface area contributed by atoms with Gasteiger partial charge in [0.05, 0.1) is 6.10 Å². The first-order chi connectivity index (χ1) is 8.36. The molecule has 102 valence electrons.